The number of rotatable bonds is 4. The highest BCUT2D eigenvalue weighted by Gasteiger charge is 2.23. The molecule has 0 bridgehead atoms. The summed E-state index contributed by atoms with van der Waals surface area (Å²) < 4.78 is 11.1. The van der Waals surface area contributed by atoms with Crippen molar-refractivity contribution in [1.29, 1.82) is 0 Å². The third kappa shape index (κ3) is 3.44. The maximum atomic E-state index is 12.4. The van der Waals surface area contributed by atoms with Gasteiger partial charge in [-0.15, -0.1) is 0 Å². The van der Waals surface area contributed by atoms with Crippen LogP contribution in [0.2, 0.25) is 0 Å². The number of carbonyl (C=O) groups excluding carboxylic acids is 1. The van der Waals surface area contributed by atoms with Crippen LogP contribution in [-0.4, -0.2) is 38.4 Å². The first-order valence-electron chi connectivity index (χ1n) is 7.83. The summed E-state index contributed by atoms with van der Waals surface area (Å²) in [7, 11) is 0. The summed E-state index contributed by atoms with van der Waals surface area (Å²) in [5.74, 6) is 0.0551. The molecule has 0 radical (unpaired) electrons. The highest BCUT2D eigenvalue weighted by Crippen LogP contribution is 2.28. The van der Waals surface area contributed by atoms with E-state index in [1.54, 1.807) is 0 Å². The molecule has 0 saturated carbocycles. The average Bonchev–Trinajstić information content (AvgIpc) is 2.99. The smallest absolute Gasteiger partial charge is 0.252 e. The van der Waals surface area contributed by atoms with Crippen molar-refractivity contribution in [2.24, 2.45) is 0 Å². The average molecular weight is 289 g/mol. The molecule has 4 nitrogen and oxygen atoms in total. The second-order valence-corrected chi connectivity index (χ2v) is 5.93. The van der Waals surface area contributed by atoms with Crippen molar-refractivity contribution in [2.45, 2.75) is 38.7 Å². The summed E-state index contributed by atoms with van der Waals surface area (Å²) in [6.07, 6.45) is 4.39. The van der Waals surface area contributed by atoms with E-state index in [0.717, 1.165) is 44.5 Å². The molecule has 1 aromatic carbocycles. The van der Waals surface area contributed by atoms with Gasteiger partial charge >= 0.3 is 0 Å². The monoisotopic (exact) mass is 289 g/mol. The Kier molecular flexibility index (Phi) is 4.56. The molecule has 1 aromatic rings. The standard InChI is InChI=1S/C17H23NO3/c1-13-6-7-14-4-2-8-18(16(14)10-13)17(19)12-20-11-15-5-3-9-21-15/h6-7,10,15H,2-5,8-9,11-12H2,1H3/t15-/m1/s1. The molecule has 2 aliphatic heterocycles. The highest BCUT2D eigenvalue weighted by molar-refractivity contribution is 5.95. The van der Waals surface area contributed by atoms with Gasteiger partial charge in [0.2, 0.25) is 0 Å². The zero-order chi connectivity index (χ0) is 14.7. The quantitative estimate of drug-likeness (QED) is 0.854. The molecular weight excluding hydrogens is 266 g/mol. The van der Waals surface area contributed by atoms with E-state index in [-0.39, 0.29) is 18.6 Å². The number of hydrogen-bond donors (Lipinski definition) is 0. The minimum Gasteiger partial charge on any atom is -0.376 e. The number of aryl methyl sites for hydroxylation is 2. The number of amides is 1. The molecule has 0 unspecified atom stereocenters. The van der Waals surface area contributed by atoms with E-state index in [9.17, 15) is 4.79 Å². The van der Waals surface area contributed by atoms with Gasteiger partial charge in [-0.3, -0.25) is 4.79 Å². The van der Waals surface area contributed by atoms with Crippen molar-refractivity contribution < 1.29 is 14.3 Å². The van der Waals surface area contributed by atoms with Gasteiger partial charge < -0.3 is 14.4 Å². The Morgan fingerprint density at radius 2 is 2.33 bits per heavy atom. The Hall–Kier alpha value is -1.39. The fraction of sp³-hybridized carbons (Fsp3) is 0.588. The molecule has 0 aliphatic carbocycles. The minimum atomic E-state index is 0.0551. The molecule has 1 amide bonds. The maximum Gasteiger partial charge on any atom is 0.252 e. The van der Waals surface area contributed by atoms with Crippen LogP contribution >= 0.6 is 0 Å². The summed E-state index contributed by atoms with van der Waals surface area (Å²) >= 11 is 0. The highest BCUT2D eigenvalue weighted by atomic mass is 16.5. The summed E-state index contributed by atoms with van der Waals surface area (Å²) in [4.78, 5) is 14.3. The van der Waals surface area contributed by atoms with Crippen LogP contribution in [0.25, 0.3) is 0 Å². The predicted molar refractivity (Wildman–Crippen MR) is 81.6 cm³/mol. The van der Waals surface area contributed by atoms with Crippen LogP contribution in [-0.2, 0) is 20.7 Å². The molecule has 1 fully saturated rings. The Bertz CT molecular complexity index is 509. The lowest BCUT2D eigenvalue weighted by atomic mass is 10.00. The molecular formula is C17H23NO3. The van der Waals surface area contributed by atoms with Gasteiger partial charge in [-0.25, -0.2) is 0 Å². The number of ether oxygens (including phenoxy) is 2. The maximum absolute atomic E-state index is 12.4. The number of carbonyl (C=O) groups is 1. The van der Waals surface area contributed by atoms with Crippen LogP contribution in [0.1, 0.15) is 30.4 Å². The molecule has 0 spiro atoms. The lowest BCUT2D eigenvalue weighted by Crippen LogP contribution is -2.38. The molecule has 3 rings (SSSR count). The summed E-state index contributed by atoms with van der Waals surface area (Å²) in [5, 5.41) is 0. The third-order valence-corrected chi connectivity index (χ3v) is 4.21. The molecule has 21 heavy (non-hydrogen) atoms. The van der Waals surface area contributed by atoms with Gasteiger partial charge in [0, 0.05) is 18.8 Å². The van der Waals surface area contributed by atoms with E-state index in [1.165, 1.54) is 11.1 Å². The zero-order valence-electron chi connectivity index (χ0n) is 12.6. The van der Waals surface area contributed by atoms with E-state index in [4.69, 9.17) is 9.47 Å². The number of hydrogen-bond acceptors (Lipinski definition) is 3. The molecule has 114 valence electrons. The number of nitrogens with zero attached hydrogens (tertiary/aromatic N) is 1. The van der Waals surface area contributed by atoms with Gasteiger partial charge in [0.15, 0.2) is 0 Å². The number of benzene rings is 1. The van der Waals surface area contributed by atoms with Crippen molar-refractivity contribution >= 4 is 11.6 Å². The van der Waals surface area contributed by atoms with Crippen molar-refractivity contribution in [2.75, 3.05) is 31.3 Å². The first kappa shape index (κ1) is 14.5. The van der Waals surface area contributed by atoms with Crippen LogP contribution < -0.4 is 4.90 Å². The number of fused-ring (bicyclic) bond motifs is 1. The summed E-state index contributed by atoms with van der Waals surface area (Å²) in [6, 6.07) is 6.35. The van der Waals surface area contributed by atoms with Crippen LogP contribution in [0.3, 0.4) is 0 Å². The van der Waals surface area contributed by atoms with Crippen LogP contribution in [0.15, 0.2) is 18.2 Å². The summed E-state index contributed by atoms with van der Waals surface area (Å²) in [6.45, 7) is 4.35. The fourth-order valence-corrected chi connectivity index (χ4v) is 3.08. The molecule has 4 heteroatoms. The van der Waals surface area contributed by atoms with Gasteiger partial charge in [0.05, 0.1) is 12.7 Å². The molecule has 2 aliphatic rings. The van der Waals surface area contributed by atoms with Crippen molar-refractivity contribution in [3.63, 3.8) is 0 Å². The lowest BCUT2D eigenvalue weighted by molar-refractivity contribution is -0.124. The Labute approximate surface area is 126 Å². The van der Waals surface area contributed by atoms with Crippen LogP contribution in [0.4, 0.5) is 5.69 Å². The normalized spacial score (nSPS) is 21.4. The third-order valence-electron chi connectivity index (χ3n) is 4.21. The predicted octanol–water partition coefficient (Wildman–Crippen LogP) is 2.47. The number of anilines is 1. The largest absolute Gasteiger partial charge is 0.376 e. The van der Waals surface area contributed by atoms with Gasteiger partial charge in [0.1, 0.15) is 6.61 Å². The Balaban J connectivity index is 1.59. The fourth-order valence-electron chi connectivity index (χ4n) is 3.08. The van der Waals surface area contributed by atoms with E-state index < -0.39 is 0 Å². The second kappa shape index (κ2) is 6.58. The van der Waals surface area contributed by atoms with Gasteiger partial charge in [-0.1, -0.05) is 12.1 Å². The molecule has 1 atom stereocenters. The van der Waals surface area contributed by atoms with E-state index in [2.05, 4.69) is 25.1 Å². The molecule has 0 aromatic heterocycles. The second-order valence-electron chi connectivity index (χ2n) is 5.93. The lowest BCUT2D eigenvalue weighted by Gasteiger charge is -2.30. The van der Waals surface area contributed by atoms with Crippen molar-refractivity contribution in [3.8, 4) is 0 Å². The molecule has 0 N–H and O–H groups in total. The van der Waals surface area contributed by atoms with E-state index in [1.807, 2.05) is 4.90 Å². The van der Waals surface area contributed by atoms with Crippen LogP contribution in [0.5, 0.6) is 0 Å². The van der Waals surface area contributed by atoms with Gasteiger partial charge in [-0.05, 0) is 49.8 Å². The van der Waals surface area contributed by atoms with Gasteiger partial charge in [-0.2, -0.15) is 0 Å². The van der Waals surface area contributed by atoms with Gasteiger partial charge in [0.25, 0.3) is 5.91 Å². The summed E-state index contributed by atoms with van der Waals surface area (Å²) in [5.41, 5.74) is 3.51. The minimum absolute atomic E-state index is 0.0551. The first-order valence-corrected chi connectivity index (χ1v) is 7.83. The van der Waals surface area contributed by atoms with Crippen LogP contribution in [0, 0.1) is 6.92 Å². The SMILES string of the molecule is Cc1ccc2c(c1)N(C(=O)COC[C@H]1CCCO1)CCC2. The molecule has 2 heterocycles. The Morgan fingerprint density at radius 1 is 1.43 bits per heavy atom. The molecule has 1 saturated heterocycles. The van der Waals surface area contributed by atoms with Crippen molar-refractivity contribution in [3.05, 3.63) is 29.3 Å². The Morgan fingerprint density at radius 3 is 3.14 bits per heavy atom. The first-order chi connectivity index (χ1) is 10.2. The van der Waals surface area contributed by atoms with E-state index in [0.29, 0.717) is 6.61 Å². The van der Waals surface area contributed by atoms with E-state index >= 15 is 0 Å². The van der Waals surface area contributed by atoms with Crippen molar-refractivity contribution in [1.82, 2.24) is 0 Å². The topological polar surface area (TPSA) is 38.8 Å². The zero-order valence-corrected chi connectivity index (χ0v) is 12.6.